The fraction of sp³-hybridized carbons (Fsp3) is 0. The predicted molar refractivity (Wildman–Crippen MR) is 76.3 cm³/mol. The molecule has 0 fully saturated rings. The van der Waals surface area contributed by atoms with E-state index < -0.39 is 0 Å². The lowest BCUT2D eigenvalue weighted by Crippen LogP contribution is -2.04. The van der Waals surface area contributed by atoms with E-state index in [2.05, 4.69) is 0 Å². The quantitative estimate of drug-likeness (QED) is 0.265. The van der Waals surface area contributed by atoms with Gasteiger partial charge in [-0.25, -0.2) is 0 Å². The SMILES string of the molecule is [OH+]=c1c2ccccc2oc2ccc3ccccc3c12. The highest BCUT2D eigenvalue weighted by atomic mass is 16.3. The van der Waals surface area contributed by atoms with E-state index in [1.54, 1.807) is 0 Å². The maximum Gasteiger partial charge on any atom is 0.362 e. The Labute approximate surface area is 108 Å². The molecule has 90 valence electrons. The number of rotatable bonds is 0. The molecule has 1 heterocycles. The minimum absolute atomic E-state index is 0.286. The van der Waals surface area contributed by atoms with Gasteiger partial charge in [0.1, 0.15) is 21.9 Å². The van der Waals surface area contributed by atoms with Crippen LogP contribution in [0.3, 0.4) is 0 Å². The van der Waals surface area contributed by atoms with Crippen LogP contribution in [0.15, 0.2) is 65.1 Å². The molecule has 4 aromatic rings. The standard InChI is InChI=1S/C17H10O2/c18-17-13-7-3-4-8-14(13)19-15-10-9-11-5-1-2-6-12(11)16(15)17/h1-10H/p+1. The molecule has 0 saturated heterocycles. The van der Waals surface area contributed by atoms with Crippen LogP contribution in [0.4, 0.5) is 0 Å². The van der Waals surface area contributed by atoms with Crippen LogP contribution in [0, 0.1) is 0 Å². The highest BCUT2D eigenvalue weighted by molar-refractivity contribution is 6.07. The topological polar surface area (TPSA) is 34.5 Å². The zero-order valence-electron chi connectivity index (χ0n) is 10.1. The van der Waals surface area contributed by atoms with Crippen molar-refractivity contribution in [3.05, 3.63) is 66.1 Å². The Morgan fingerprint density at radius 2 is 1.42 bits per heavy atom. The molecule has 0 saturated carbocycles. The van der Waals surface area contributed by atoms with Crippen molar-refractivity contribution >= 4 is 32.7 Å². The molecule has 0 amide bonds. The van der Waals surface area contributed by atoms with Crippen LogP contribution in [0.25, 0.3) is 32.7 Å². The smallest absolute Gasteiger partial charge is 0.362 e. The molecule has 0 bridgehead atoms. The third-order valence-corrected chi connectivity index (χ3v) is 3.49. The van der Waals surface area contributed by atoms with Gasteiger partial charge in [0.15, 0.2) is 0 Å². The summed E-state index contributed by atoms with van der Waals surface area (Å²) in [6.07, 6.45) is 0. The molecule has 0 aliphatic heterocycles. The molecule has 1 aromatic heterocycles. The first-order valence-corrected chi connectivity index (χ1v) is 6.20. The van der Waals surface area contributed by atoms with Crippen LogP contribution in [0.1, 0.15) is 0 Å². The minimum atomic E-state index is 0.286. The van der Waals surface area contributed by atoms with Crippen molar-refractivity contribution in [1.29, 1.82) is 0 Å². The summed E-state index contributed by atoms with van der Waals surface area (Å²) >= 11 is 0. The van der Waals surface area contributed by atoms with Crippen molar-refractivity contribution in [1.82, 2.24) is 0 Å². The highest BCUT2D eigenvalue weighted by Gasteiger charge is 2.13. The molecule has 0 radical (unpaired) electrons. The first-order valence-electron chi connectivity index (χ1n) is 6.20. The lowest BCUT2D eigenvalue weighted by Gasteiger charge is -2.02. The maximum atomic E-state index is 10.5. The summed E-state index contributed by atoms with van der Waals surface area (Å²) in [6, 6.07) is 19.4. The van der Waals surface area contributed by atoms with Gasteiger partial charge in [0.2, 0.25) is 0 Å². The van der Waals surface area contributed by atoms with Gasteiger partial charge >= 0.3 is 5.43 Å². The molecule has 4 rings (SSSR count). The van der Waals surface area contributed by atoms with Gasteiger partial charge in [0.25, 0.3) is 0 Å². The van der Waals surface area contributed by atoms with Crippen LogP contribution in [0.2, 0.25) is 0 Å². The zero-order valence-corrected chi connectivity index (χ0v) is 10.1. The average molecular weight is 247 g/mol. The molecule has 0 aliphatic rings. The molecule has 0 spiro atoms. The Balaban J connectivity index is 2.37. The highest BCUT2D eigenvalue weighted by Crippen LogP contribution is 2.25. The summed E-state index contributed by atoms with van der Waals surface area (Å²) in [5.41, 5.74) is 1.69. The van der Waals surface area contributed by atoms with E-state index in [1.165, 1.54) is 0 Å². The molecule has 3 aromatic carbocycles. The molecule has 0 atom stereocenters. The molecule has 2 heteroatoms. The Hall–Kier alpha value is -2.61. The second kappa shape index (κ2) is 3.69. The van der Waals surface area contributed by atoms with Crippen LogP contribution < -0.4 is 5.43 Å². The van der Waals surface area contributed by atoms with Crippen LogP contribution >= 0.6 is 0 Å². The van der Waals surface area contributed by atoms with Gasteiger partial charge in [-0.2, -0.15) is 0 Å². The molecular formula is C17H11O2+. The molecule has 2 nitrogen and oxygen atoms in total. The van der Waals surface area contributed by atoms with E-state index in [1.807, 2.05) is 60.7 Å². The Kier molecular flexibility index (Phi) is 2.00. The first kappa shape index (κ1) is 10.3. The van der Waals surface area contributed by atoms with Gasteiger partial charge in [0.05, 0.1) is 0 Å². The molecule has 19 heavy (non-hydrogen) atoms. The molecule has 1 N–H and O–H groups in total. The van der Waals surface area contributed by atoms with Crippen molar-refractivity contribution < 1.29 is 9.21 Å². The van der Waals surface area contributed by atoms with Crippen molar-refractivity contribution in [3.63, 3.8) is 0 Å². The van der Waals surface area contributed by atoms with E-state index in [0.29, 0.717) is 11.2 Å². The van der Waals surface area contributed by atoms with Crippen LogP contribution in [0.5, 0.6) is 0 Å². The van der Waals surface area contributed by atoms with E-state index in [9.17, 15) is 4.79 Å². The van der Waals surface area contributed by atoms with Gasteiger partial charge in [0, 0.05) is 5.39 Å². The monoisotopic (exact) mass is 247 g/mol. The summed E-state index contributed by atoms with van der Waals surface area (Å²) < 4.78 is 5.88. The number of hydrogen-bond acceptors (Lipinski definition) is 1. The summed E-state index contributed by atoms with van der Waals surface area (Å²) in [7, 11) is 0. The second-order valence-corrected chi connectivity index (χ2v) is 4.61. The van der Waals surface area contributed by atoms with Gasteiger partial charge < -0.3 is 4.42 Å². The van der Waals surface area contributed by atoms with E-state index in [4.69, 9.17) is 4.42 Å². The Morgan fingerprint density at radius 3 is 2.32 bits per heavy atom. The third kappa shape index (κ3) is 1.40. The van der Waals surface area contributed by atoms with Crippen molar-refractivity contribution in [3.8, 4) is 0 Å². The fourth-order valence-corrected chi connectivity index (χ4v) is 2.59. The number of hydrogen-bond donors (Lipinski definition) is 0. The average Bonchev–Trinajstić information content (AvgIpc) is 2.47. The van der Waals surface area contributed by atoms with E-state index in [-0.39, 0.29) is 5.43 Å². The first-order chi connectivity index (χ1) is 9.34. The number of para-hydroxylation sites is 1. The maximum absolute atomic E-state index is 10.5. The van der Waals surface area contributed by atoms with Crippen molar-refractivity contribution in [2.75, 3.05) is 0 Å². The molecule has 0 aliphatic carbocycles. The lowest BCUT2D eigenvalue weighted by molar-refractivity contribution is 0.582. The van der Waals surface area contributed by atoms with Crippen LogP contribution in [-0.2, 0) is 0 Å². The predicted octanol–water partition coefficient (Wildman–Crippen LogP) is 3.74. The van der Waals surface area contributed by atoms with Crippen molar-refractivity contribution in [2.24, 2.45) is 0 Å². The summed E-state index contributed by atoms with van der Waals surface area (Å²) in [4.78, 5) is 10.5. The Bertz CT molecular complexity index is 980. The number of fused-ring (bicyclic) bond motifs is 4. The lowest BCUT2D eigenvalue weighted by atomic mass is 10.0. The number of benzene rings is 3. The third-order valence-electron chi connectivity index (χ3n) is 3.49. The minimum Gasteiger partial charge on any atom is -0.455 e. The van der Waals surface area contributed by atoms with E-state index in [0.717, 1.165) is 21.5 Å². The zero-order chi connectivity index (χ0) is 12.8. The molecule has 0 unspecified atom stereocenters. The van der Waals surface area contributed by atoms with Crippen molar-refractivity contribution in [2.45, 2.75) is 0 Å². The van der Waals surface area contributed by atoms with E-state index >= 15 is 0 Å². The summed E-state index contributed by atoms with van der Waals surface area (Å²) in [6.45, 7) is 0. The van der Waals surface area contributed by atoms with Crippen LogP contribution in [-0.4, -0.2) is 4.79 Å². The van der Waals surface area contributed by atoms with Gasteiger partial charge in [-0.05, 0) is 23.6 Å². The normalized spacial score (nSPS) is 11.4. The fourth-order valence-electron chi connectivity index (χ4n) is 2.59. The second-order valence-electron chi connectivity index (χ2n) is 4.61. The van der Waals surface area contributed by atoms with Gasteiger partial charge in [-0.15, -0.1) is 0 Å². The van der Waals surface area contributed by atoms with Gasteiger partial charge in [-0.1, -0.05) is 42.5 Å². The Morgan fingerprint density at radius 1 is 0.684 bits per heavy atom. The summed E-state index contributed by atoms with van der Waals surface area (Å²) in [5.74, 6) is 0. The molecular weight excluding hydrogens is 236 g/mol. The summed E-state index contributed by atoms with van der Waals surface area (Å²) in [5, 5.41) is 3.62. The van der Waals surface area contributed by atoms with Gasteiger partial charge in [-0.3, -0.25) is 4.79 Å². The largest absolute Gasteiger partial charge is 0.455 e.